The molecule has 0 aromatic carbocycles. The largest absolute Gasteiger partial charge is 0.366 e. The zero-order valence-electron chi connectivity index (χ0n) is 9.16. The van der Waals surface area contributed by atoms with E-state index in [2.05, 4.69) is 33.6 Å². The van der Waals surface area contributed by atoms with Crippen LogP contribution in [0.15, 0.2) is 12.4 Å². The van der Waals surface area contributed by atoms with Crippen molar-refractivity contribution in [3.8, 4) is 0 Å². The Kier molecular flexibility index (Phi) is 3.50. The quantitative estimate of drug-likeness (QED) is 0.777. The van der Waals surface area contributed by atoms with Gasteiger partial charge >= 0.3 is 0 Å². The van der Waals surface area contributed by atoms with Crippen LogP contribution in [0, 0.1) is 0 Å². The normalized spacial score (nSPS) is 20.5. The first-order valence-electron chi connectivity index (χ1n) is 5.66. The number of nitrogens with zero attached hydrogens (tertiary/aromatic N) is 2. The molecule has 2 rings (SSSR count). The molecule has 1 saturated heterocycles. The van der Waals surface area contributed by atoms with Crippen LogP contribution in [0.1, 0.15) is 25.5 Å². The van der Waals surface area contributed by atoms with Crippen LogP contribution in [-0.4, -0.2) is 29.1 Å². The molecule has 15 heavy (non-hydrogen) atoms. The second-order valence-electron chi connectivity index (χ2n) is 3.98. The standard InChI is InChI=1S/C11H18N4/c1-2-3-9-6-11(14-8-13-9)15-10-4-5-12-7-10/h6,8,10,12H,2-5,7H2,1H3,(H,13,14,15). The van der Waals surface area contributed by atoms with Crippen molar-refractivity contribution in [1.29, 1.82) is 0 Å². The van der Waals surface area contributed by atoms with Crippen molar-refractivity contribution < 1.29 is 0 Å². The molecular formula is C11H18N4. The molecule has 0 saturated carbocycles. The topological polar surface area (TPSA) is 49.8 Å². The summed E-state index contributed by atoms with van der Waals surface area (Å²) < 4.78 is 0. The highest BCUT2D eigenvalue weighted by Gasteiger charge is 2.14. The van der Waals surface area contributed by atoms with Crippen LogP contribution in [0.4, 0.5) is 5.82 Å². The molecule has 0 radical (unpaired) electrons. The van der Waals surface area contributed by atoms with Crippen molar-refractivity contribution in [2.45, 2.75) is 32.2 Å². The van der Waals surface area contributed by atoms with Gasteiger partial charge in [-0.05, 0) is 19.4 Å². The van der Waals surface area contributed by atoms with Gasteiger partial charge in [0.15, 0.2) is 0 Å². The van der Waals surface area contributed by atoms with Crippen LogP contribution in [0.25, 0.3) is 0 Å². The number of anilines is 1. The van der Waals surface area contributed by atoms with E-state index in [0.717, 1.165) is 37.4 Å². The van der Waals surface area contributed by atoms with Crippen LogP contribution in [0.3, 0.4) is 0 Å². The molecule has 0 amide bonds. The van der Waals surface area contributed by atoms with E-state index in [1.54, 1.807) is 6.33 Å². The lowest BCUT2D eigenvalue weighted by molar-refractivity contribution is 0.783. The maximum Gasteiger partial charge on any atom is 0.129 e. The molecule has 2 N–H and O–H groups in total. The van der Waals surface area contributed by atoms with Gasteiger partial charge in [0.1, 0.15) is 12.1 Å². The Morgan fingerprint density at radius 1 is 1.53 bits per heavy atom. The summed E-state index contributed by atoms with van der Waals surface area (Å²) in [6.07, 6.45) is 4.98. The van der Waals surface area contributed by atoms with Gasteiger partial charge in [0, 0.05) is 24.3 Å². The first-order chi connectivity index (χ1) is 7.38. The van der Waals surface area contributed by atoms with Gasteiger partial charge in [-0.25, -0.2) is 9.97 Å². The minimum absolute atomic E-state index is 0.523. The Labute approximate surface area is 90.5 Å². The molecule has 0 aliphatic carbocycles. The molecule has 4 heteroatoms. The lowest BCUT2D eigenvalue weighted by Gasteiger charge is -2.12. The highest BCUT2D eigenvalue weighted by atomic mass is 15.1. The van der Waals surface area contributed by atoms with Gasteiger partial charge in [0.25, 0.3) is 0 Å². The molecule has 1 aromatic rings. The van der Waals surface area contributed by atoms with Crippen molar-refractivity contribution in [2.24, 2.45) is 0 Å². The third-order valence-electron chi connectivity index (χ3n) is 2.64. The third-order valence-corrected chi connectivity index (χ3v) is 2.64. The Hall–Kier alpha value is -1.16. The summed E-state index contributed by atoms with van der Waals surface area (Å²) in [7, 11) is 0. The first kappa shape index (κ1) is 10.4. The van der Waals surface area contributed by atoms with E-state index in [0.29, 0.717) is 6.04 Å². The van der Waals surface area contributed by atoms with Gasteiger partial charge in [0.05, 0.1) is 0 Å². The first-order valence-corrected chi connectivity index (χ1v) is 5.66. The van der Waals surface area contributed by atoms with Crippen LogP contribution >= 0.6 is 0 Å². The van der Waals surface area contributed by atoms with Gasteiger partial charge in [-0.15, -0.1) is 0 Å². The molecule has 0 spiro atoms. The number of nitrogens with one attached hydrogen (secondary N) is 2. The summed E-state index contributed by atoms with van der Waals surface area (Å²) in [5, 5.41) is 6.75. The Morgan fingerprint density at radius 3 is 3.20 bits per heavy atom. The Morgan fingerprint density at radius 2 is 2.47 bits per heavy atom. The Balaban J connectivity index is 1.97. The number of rotatable bonds is 4. The van der Waals surface area contributed by atoms with Gasteiger partial charge < -0.3 is 10.6 Å². The molecule has 82 valence electrons. The molecule has 1 atom stereocenters. The van der Waals surface area contributed by atoms with Crippen LogP contribution < -0.4 is 10.6 Å². The second kappa shape index (κ2) is 5.07. The zero-order valence-corrected chi connectivity index (χ0v) is 9.16. The van der Waals surface area contributed by atoms with Gasteiger partial charge in [-0.1, -0.05) is 13.3 Å². The maximum absolute atomic E-state index is 4.24. The van der Waals surface area contributed by atoms with Crippen molar-refractivity contribution >= 4 is 5.82 Å². The lowest BCUT2D eigenvalue weighted by Crippen LogP contribution is -2.22. The average molecular weight is 206 g/mol. The van der Waals surface area contributed by atoms with Crippen LogP contribution in [0.2, 0.25) is 0 Å². The summed E-state index contributed by atoms with van der Waals surface area (Å²) in [6.45, 7) is 4.30. The van der Waals surface area contributed by atoms with Crippen molar-refractivity contribution in [1.82, 2.24) is 15.3 Å². The average Bonchev–Trinajstić information content (AvgIpc) is 2.71. The summed E-state index contributed by atoms with van der Waals surface area (Å²) >= 11 is 0. The SMILES string of the molecule is CCCc1cc(NC2CCNC2)ncn1. The summed E-state index contributed by atoms with van der Waals surface area (Å²) in [5.74, 6) is 0.960. The van der Waals surface area contributed by atoms with E-state index >= 15 is 0 Å². The zero-order chi connectivity index (χ0) is 10.5. The minimum atomic E-state index is 0.523. The molecule has 2 heterocycles. The van der Waals surface area contributed by atoms with Crippen molar-refractivity contribution in [3.63, 3.8) is 0 Å². The molecule has 1 aliphatic heterocycles. The van der Waals surface area contributed by atoms with E-state index in [-0.39, 0.29) is 0 Å². The predicted octanol–water partition coefficient (Wildman–Crippen LogP) is 1.20. The van der Waals surface area contributed by atoms with E-state index < -0.39 is 0 Å². The van der Waals surface area contributed by atoms with E-state index in [4.69, 9.17) is 0 Å². The molecule has 0 bridgehead atoms. The van der Waals surface area contributed by atoms with Gasteiger partial charge in [-0.3, -0.25) is 0 Å². The lowest BCUT2D eigenvalue weighted by atomic mass is 10.2. The second-order valence-corrected chi connectivity index (χ2v) is 3.98. The summed E-state index contributed by atoms with van der Waals surface area (Å²) in [5.41, 5.74) is 1.13. The number of aryl methyl sites for hydroxylation is 1. The fourth-order valence-corrected chi connectivity index (χ4v) is 1.86. The molecule has 1 fully saturated rings. The number of hydrogen-bond acceptors (Lipinski definition) is 4. The predicted molar refractivity (Wildman–Crippen MR) is 60.9 cm³/mol. The molecule has 4 nitrogen and oxygen atoms in total. The number of aromatic nitrogens is 2. The highest BCUT2D eigenvalue weighted by Crippen LogP contribution is 2.10. The monoisotopic (exact) mass is 206 g/mol. The fraction of sp³-hybridized carbons (Fsp3) is 0.636. The fourth-order valence-electron chi connectivity index (χ4n) is 1.86. The number of hydrogen-bond donors (Lipinski definition) is 2. The van der Waals surface area contributed by atoms with E-state index in [9.17, 15) is 0 Å². The van der Waals surface area contributed by atoms with E-state index in [1.807, 2.05) is 0 Å². The molecular weight excluding hydrogens is 188 g/mol. The van der Waals surface area contributed by atoms with Gasteiger partial charge in [0.2, 0.25) is 0 Å². The van der Waals surface area contributed by atoms with E-state index in [1.165, 1.54) is 6.42 Å². The van der Waals surface area contributed by atoms with Crippen molar-refractivity contribution in [2.75, 3.05) is 18.4 Å². The molecule has 1 aromatic heterocycles. The van der Waals surface area contributed by atoms with Gasteiger partial charge in [-0.2, -0.15) is 0 Å². The van der Waals surface area contributed by atoms with Crippen molar-refractivity contribution in [3.05, 3.63) is 18.1 Å². The maximum atomic E-state index is 4.24. The third kappa shape index (κ3) is 2.89. The highest BCUT2D eigenvalue weighted by molar-refractivity contribution is 5.36. The van der Waals surface area contributed by atoms with Crippen LogP contribution in [0.5, 0.6) is 0 Å². The Bertz CT molecular complexity index is 307. The molecule has 1 aliphatic rings. The minimum Gasteiger partial charge on any atom is -0.366 e. The smallest absolute Gasteiger partial charge is 0.129 e. The summed E-state index contributed by atoms with van der Waals surface area (Å²) in [6, 6.07) is 2.58. The van der Waals surface area contributed by atoms with Crippen LogP contribution in [-0.2, 0) is 6.42 Å². The molecule has 1 unspecified atom stereocenters. The summed E-state index contributed by atoms with van der Waals surface area (Å²) in [4.78, 5) is 8.47.